The highest BCUT2D eigenvalue weighted by atomic mass is 127. The fraction of sp³-hybridized carbons (Fsp3) is 0.182. The number of ether oxygens (including phenoxy) is 2. The molecule has 0 radical (unpaired) electrons. The second-order valence-corrected chi connectivity index (χ2v) is 8.69. The van der Waals surface area contributed by atoms with Gasteiger partial charge in [-0.05, 0) is 80.0 Å². The fourth-order valence-electron chi connectivity index (χ4n) is 3.29. The van der Waals surface area contributed by atoms with Gasteiger partial charge in [0, 0.05) is 16.7 Å². The molecule has 0 unspecified atom stereocenters. The van der Waals surface area contributed by atoms with E-state index in [0.717, 1.165) is 31.0 Å². The molecule has 0 spiro atoms. The Kier molecular flexibility index (Phi) is 6.43. The van der Waals surface area contributed by atoms with Crippen LogP contribution in [-0.4, -0.2) is 28.8 Å². The van der Waals surface area contributed by atoms with Crippen molar-refractivity contribution >= 4 is 49.9 Å². The van der Waals surface area contributed by atoms with E-state index in [1.807, 2.05) is 34.8 Å². The van der Waals surface area contributed by atoms with Crippen LogP contribution in [0.4, 0.5) is 5.82 Å². The molecule has 0 saturated carbocycles. The zero-order valence-electron chi connectivity index (χ0n) is 16.5. The normalized spacial score (nSPS) is 10.9. The third-order valence-corrected chi connectivity index (χ3v) is 6.20. The first-order valence-corrected chi connectivity index (χ1v) is 11.1. The lowest BCUT2D eigenvalue weighted by molar-refractivity contribution is 0.414. The first-order valence-electron chi connectivity index (χ1n) is 9.27. The van der Waals surface area contributed by atoms with Crippen molar-refractivity contribution in [2.45, 2.75) is 13.1 Å². The zero-order valence-corrected chi connectivity index (χ0v) is 20.3. The number of hydrogen-bond donors (Lipinski definition) is 0. The molecule has 0 fully saturated rings. The summed E-state index contributed by atoms with van der Waals surface area (Å²) in [4.78, 5) is 6.92. The van der Waals surface area contributed by atoms with E-state index < -0.39 is 0 Å². The van der Waals surface area contributed by atoms with E-state index in [2.05, 4.69) is 77.8 Å². The van der Waals surface area contributed by atoms with Gasteiger partial charge in [0.2, 0.25) is 0 Å². The molecule has 0 bridgehead atoms. The average molecular weight is 579 g/mol. The molecule has 0 aliphatic rings. The molecule has 0 N–H and O–H groups in total. The summed E-state index contributed by atoms with van der Waals surface area (Å²) in [6, 6.07) is 18.3. The maximum absolute atomic E-state index is 5.30. The second kappa shape index (κ2) is 9.22. The molecule has 30 heavy (non-hydrogen) atoms. The summed E-state index contributed by atoms with van der Waals surface area (Å²) >= 11 is 5.92. The first kappa shape index (κ1) is 20.9. The molecule has 154 valence electrons. The topological polar surface area (TPSA) is 51.9 Å². The zero-order chi connectivity index (χ0) is 21.1. The number of fused-ring (bicyclic) bond motifs is 1. The molecule has 6 nitrogen and oxygen atoms in total. The third kappa shape index (κ3) is 4.39. The van der Waals surface area contributed by atoms with Crippen LogP contribution < -0.4 is 14.4 Å². The molecule has 0 saturated heterocycles. The van der Waals surface area contributed by atoms with Gasteiger partial charge in [-0.15, -0.1) is 0 Å². The Hall–Kier alpha value is -2.33. The van der Waals surface area contributed by atoms with Crippen LogP contribution in [-0.2, 0) is 13.1 Å². The monoisotopic (exact) mass is 578 g/mol. The van der Waals surface area contributed by atoms with Crippen LogP contribution in [0.2, 0.25) is 0 Å². The minimum atomic E-state index is 0.696. The number of benzene rings is 2. The summed E-state index contributed by atoms with van der Waals surface area (Å²) in [5.41, 5.74) is 3.32. The van der Waals surface area contributed by atoms with E-state index in [9.17, 15) is 0 Å². The SMILES string of the molecule is COc1ccc(CN(Cc2ccc(OC)cc2)c2ncnn3c(Br)cc(I)c23)cc1. The molecule has 0 aliphatic carbocycles. The number of hydrogen-bond acceptors (Lipinski definition) is 5. The van der Waals surface area contributed by atoms with E-state index in [-0.39, 0.29) is 0 Å². The molecule has 0 aliphatic heterocycles. The molecular formula is C22H20BrIN4O2. The number of halogens is 2. The predicted octanol–water partition coefficient (Wildman–Crippen LogP) is 5.32. The van der Waals surface area contributed by atoms with Crippen molar-refractivity contribution in [2.75, 3.05) is 19.1 Å². The summed E-state index contributed by atoms with van der Waals surface area (Å²) in [6.07, 6.45) is 1.60. The van der Waals surface area contributed by atoms with Crippen molar-refractivity contribution < 1.29 is 9.47 Å². The van der Waals surface area contributed by atoms with Crippen LogP contribution in [0.15, 0.2) is 65.5 Å². The largest absolute Gasteiger partial charge is 0.497 e. The van der Waals surface area contributed by atoms with Crippen LogP contribution >= 0.6 is 38.5 Å². The van der Waals surface area contributed by atoms with Gasteiger partial charge < -0.3 is 14.4 Å². The van der Waals surface area contributed by atoms with Crippen LogP contribution in [0.3, 0.4) is 0 Å². The molecule has 0 amide bonds. The Morgan fingerprint density at radius 2 is 1.47 bits per heavy atom. The van der Waals surface area contributed by atoms with Gasteiger partial charge in [-0.25, -0.2) is 9.50 Å². The summed E-state index contributed by atoms with van der Waals surface area (Å²) in [6.45, 7) is 1.39. The van der Waals surface area contributed by atoms with Crippen molar-refractivity contribution in [1.82, 2.24) is 14.6 Å². The standard InChI is InChI=1S/C22H20BrIN4O2/c1-29-17-7-3-15(4-8-17)12-27(13-16-5-9-18(30-2)10-6-16)22-21-19(24)11-20(23)28(21)26-14-25-22/h3-11,14H,12-13H2,1-2H3. The number of anilines is 1. The minimum absolute atomic E-state index is 0.696. The Labute approximate surface area is 197 Å². The van der Waals surface area contributed by atoms with Crippen molar-refractivity contribution in [1.29, 1.82) is 0 Å². The van der Waals surface area contributed by atoms with E-state index in [1.165, 1.54) is 11.1 Å². The lowest BCUT2D eigenvalue weighted by Crippen LogP contribution is -2.24. The molecule has 0 atom stereocenters. The van der Waals surface area contributed by atoms with Crippen LogP contribution in [0.1, 0.15) is 11.1 Å². The molecule has 4 rings (SSSR count). The molecule has 4 aromatic rings. The molecule has 2 aromatic heterocycles. The maximum Gasteiger partial charge on any atom is 0.158 e. The van der Waals surface area contributed by atoms with Gasteiger partial charge in [-0.1, -0.05) is 24.3 Å². The Morgan fingerprint density at radius 1 is 0.933 bits per heavy atom. The van der Waals surface area contributed by atoms with Gasteiger partial charge in [0.1, 0.15) is 27.9 Å². The molecular weight excluding hydrogens is 559 g/mol. The highest BCUT2D eigenvalue weighted by Gasteiger charge is 2.18. The van der Waals surface area contributed by atoms with E-state index in [0.29, 0.717) is 13.1 Å². The highest BCUT2D eigenvalue weighted by Crippen LogP contribution is 2.30. The smallest absolute Gasteiger partial charge is 0.158 e. The third-order valence-electron chi connectivity index (χ3n) is 4.81. The summed E-state index contributed by atoms with van der Waals surface area (Å²) in [5.74, 6) is 2.57. The molecule has 8 heteroatoms. The molecule has 2 aromatic carbocycles. The number of rotatable bonds is 7. The number of methoxy groups -OCH3 is 2. The van der Waals surface area contributed by atoms with Crippen molar-refractivity contribution in [2.24, 2.45) is 0 Å². The van der Waals surface area contributed by atoms with Crippen molar-refractivity contribution in [3.63, 3.8) is 0 Å². The quantitative estimate of drug-likeness (QED) is 0.278. The van der Waals surface area contributed by atoms with Crippen LogP contribution in [0.25, 0.3) is 5.52 Å². The van der Waals surface area contributed by atoms with Gasteiger partial charge in [0.05, 0.1) is 14.2 Å². The average Bonchev–Trinajstić information content (AvgIpc) is 3.08. The number of nitrogens with zero attached hydrogens (tertiary/aromatic N) is 4. The highest BCUT2D eigenvalue weighted by molar-refractivity contribution is 14.1. The second-order valence-electron chi connectivity index (χ2n) is 6.71. The molecule has 2 heterocycles. The maximum atomic E-state index is 5.30. The predicted molar refractivity (Wildman–Crippen MR) is 129 cm³/mol. The Bertz CT molecular complexity index is 1100. The van der Waals surface area contributed by atoms with Crippen molar-refractivity contribution in [3.05, 3.63) is 80.2 Å². The Morgan fingerprint density at radius 3 is 1.97 bits per heavy atom. The van der Waals surface area contributed by atoms with E-state index in [4.69, 9.17) is 9.47 Å². The lowest BCUT2D eigenvalue weighted by Gasteiger charge is -2.25. The minimum Gasteiger partial charge on any atom is -0.497 e. The van der Waals surface area contributed by atoms with Gasteiger partial charge in [0.25, 0.3) is 0 Å². The summed E-state index contributed by atoms with van der Waals surface area (Å²) in [7, 11) is 3.35. The van der Waals surface area contributed by atoms with Crippen LogP contribution in [0, 0.1) is 3.57 Å². The summed E-state index contributed by atoms with van der Waals surface area (Å²) < 4.78 is 14.5. The fourth-order valence-corrected chi connectivity index (χ4v) is 4.98. The number of aromatic nitrogens is 3. The van der Waals surface area contributed by atoms with Gasteiger partial charge in [0.15, 0.2) is 5.82 Å². The van der Waals surface area contributed by atoms with E-state index >= 15 is 0 Å². The van der Waals surface area contributed by atoms with Crippen LogP contribution in [0.5, 0.6) is 11.5 Å². The van der Waals surface area contributed by atoms with Gasteiger partial charge in [-0.3, -0.25) is 0 Å². The van der Waals surface area contributed by atoms with Gasteiger partial charge in [-0.2, -0.15) is 5.10 Å². The Balaban J connectivity index is 1.74. The van der Waals surface area contributed by atoms with Crippen molar-refractivity contribution in [3.8, 4) is 11.5 Å². The van der Waals surface area contributed by atoms with Gasteiger partial charge >= 0.3 is 0 Å². The van der Waals surface area contributed by atoms with E-state index in [1.54, 1.807) is 20.5 Å². The lowest BCUT2D eigenvalue weighted by atomic mass is 10.1. The first-order chi connectivity index (χ1) is 14.6. The summed E-state index contributed by atoms with van der Waals surface area (Å²) in [5, 5.41) is 4.40.